The number of ketones is 1. The zero-order valence-electron chi connectivity index (χ0n) is 7.83. The number of benzene rings is 1. The highest BCUT2D eigenvalue weighted by molar-refractivity contribution is 14.1. The molecule has 0 saturated carbocycles. The van der Waals surface area contributed by atoms with E-state index in [0.29, 0.717) is 6.42 Å². The van der Waals surface area contributed by atoms with Crippen LogP contribution in [0.2, 0.25) is 0 Å². The Kier molecular flexibility index (Phi) is 4.08. The Morgan fingerprint density at radius 3 is 2.50 bits per heavy atom. The Balaban J connectivity index is 2.85. The summed E-state index contributed by atoms with van der Waals surface area (Å²) in [6.07, 6.45) is 0.303. The molecule has 0 aromatic heterocycles. The van der Waals surface area contributed by atoms with Gasteiger partial charge in [0.1, 0.15) is 5.78 Å². The summed E-state index contributed by atoms with van der Waals surface area (Å²) in [4.78, 5) is 10.9. The lowest BCUT2D eigenvalue weighted by molar-refractivity contribution is -0.117. The van der Waals surface area contributed by atoms with Crippen LogP contribution < -0.4 is 0 Å². The molecule has 1 aromatic carbocycles. The molecule has 1 atom stereocenters. The average Bonchev–Trinajstić information content (AvgIpc) is 2.15. The molecule has 2 nitrogen and oxygen atoms in total. The Hall–Kier alpha value is -0.890. The summed E-state index contributed by atoms with van der Waals surface area (Å²) in [5.41, 5.74) is 0.920. The van der Waals surface area contributed by atoms with Crippen molar-refractivity contribution in [2.75, 3.05) is 0 Å². The SMILES string of the molecule is CC(=O)CC(C#N)c1ccc(I)cc1. The van der Waals surface area contributed by atoms with Gasteiger partial charge in [-0.05, 0) is 47.2 Å². The molecule has 1 rings (SSSR count). The molecule has 0 aliphatic rings. The standard InChI is InChI=1S/C11H10INO/c1-8(14)6-10(7-13)9-2-4-11(12)5-3-9/h2-5,10H,6H2,1H3. The maximum atomic E-state index is 10.9. The minimum atomic E-state index is -0.301. The van der Waals surface area contributed by atoms with Crippen LogP contribution in [0.1, 0.15) is 24.8 Å². The lowest BCUT2D eigenvalue weighted by Gasteiger charge is -2.06. The fourth-order valence-corrected chi connectivity index (χ4v) is 1.58. The molecule has 0 fully saturated rings. The summed E-state index contributed by atoms with van der Waals surface area (Å²) >= 11 is 2.21. The third-order valence-corrected chi connectivity index (χ3v) is 2.64. The molecule has 3 heteroatoms. The number of hydrogen-bond acceptors (Lipinski definition) is 2. The van der Waals surface area contributed by atoms with Gasteiger partial charge < -0.3 is 0 Å². The van der Waals surface area contributed by atoms with E-state index in [1.54, 1.807) is 0 Å². The predicted molar refractivity (Wildman–Crippen MR) is 62.8 cm³/mol. The first-order chi connectivity index (χ1) is 6.63. The average molecular weight is 299 g/mol. The fraction of sp³-hybridized carbons (Fsp3) is 0.273. The molecule has 0 amide bonds. The highest BCUT2D eigenvalue weighted by Crippen LogP contribution is 2.20. The summed E-state index contributed by atoms with van der Waals surface area (Å²) in [6.45, 7) is 1.51. The number of hydrogen-bond donors (Lipinski definition) is 0. The maximum absolute atomic E-state index is 10.9. The van der Waals surface area contributed by atoms with Crippen molar-refractivity contribution in [1.82, 2.24) is 0 Å². The van der Waals surface area contributed by atoms with Crippen molar-refractivity contribution in [1.29, 1.82) is 5.26 Å². The van der Waals surface area contributed by atoms with E-state index in [1.807, 2.05) is 24.3 Å². The number of rotatable bonds is 3. The van der Waals surface area contributed by atoms with Gasteiger partial charge in [-0.15, -0.1) is 0 Å². The number of carbonyl (C=O) groups excluding carboxylic acids is 1. The topological polar surface area (TPSA) is 40.9 Å². The van der Waals surface area contributed by atoms with Gasteiger partial charge in [0, 0.05) is 9.99 Å². The van der Waals surface area contributed by atoms with Crippen LogP contribution >= 0.6 is 22.6 Å². The molecule has 72 valence electrons. The van der Waals surface area contributed by atoms with E-state index >= 15 is 0 Å². The number of Topliss-reactive ketones (excluding diaryl/α,β-unsaturated/α-hetero) is 1. The zero-order valence-corrected chi connectivity index (χ0v) is 9.98. The van der Waals surface area contributed by atoms with Crippen LogP contribution in [0, 0.1) is 14.9 Å². The van der Waals surface area contributed by atoms with E-state index in [2.05, 4.69) is 28.7 Å². The minimum Gasteiger partial charge on any atom is -0.300 e. The first-order valence-electron chi connectivity index (χ1n) is 4.28. The largest absolute Gasteiger partial charge is 0.300 e. The van der Waals surface area contributed by atoms with E-state index in [0.717, 1.165) is 9.13 Å². The van der Waals surface area contributed by atoms with Crippen LogP contribution in [0.25, 0.3) is 0 Å². The highest BCUT2D eigenvalue weighted by Gasteiger charge is 2.12. The molecule has 0 bridgehead atoms. The number of nitriles is 1. The Morgan fingerprint density at radius 2 is 2.07 bits per heavy atom. The lowest BCUT2D eigenvalue weighted by atomic mass is 9.96. The smallest absolute Gasteiger partial charge is 0.131 e. The van der Waals surface area contributed by atoms with Crippen molar-refractivity contribution in [3.8, 4) is 6.07 Å². The molecule has 0 aliphatic carbocycles. The van der Waals surface area contributed by atoms with Gasteiger partial charge in [-0.3, -0.25) is 4.79 Å². The normalized spacial score (nSPS) is 11.8. The van der Waals surface area contributed by atoms with Crippen LogP contribution in [0.4, 0.5) is 0 Å². The van der Waals surface area contributed by atoms with Crippen LogP contribution in [-0.4, -0.2) is 5.78 Å². The van der Waals surface area contributed by atoms with Gasteiger partial charge in [-0.1, -0.05) is 12.1 Å². The number of nitrogens with zero attached hydrogens (tertiary/aromatic N) is 1. The van der Waals surface area contributed by atoms with Crippen LogP contribution in [0.5, 0.6) is 0 Å². The third-order valence-electron chi connectivity index (χ3n) is 1.92. The second kappa shape index (κ2) is 5.11. The molecule has 0 spiro atoms. The maximum Gasteiger partial charge on any atom is 0.131 e. The first-order valence-corrected chi connectivity index (χ1v) is 5.36. The zero-order chi connectivity index (χ0) is 10.6. The fourth-order valence-electron chi connectivity index (χ4n) is 1.22. The molecule has 0 aliphatic heterocycles. The van der Waals surface area contributed by atoms with Crippen molar-refractivity contribution < 1.29 is 4.79 Å². The molecule has 14 heavy (non-hydrogen) atoms. The Bertz CT molecular complexity index is 364. The summed E-state index contributed by atoms with van der Waals surface area (Å²) < 4.78 is 1.13. The third kappa shape index (κ3) is 3.11. The summed E-state index contributed by atoms with van der Waals surface area (Å²) in [7, 11) is 0. The van der Waals surface area contributed by atoms with Crippen molar-refractivity contribution in [3.63, 3.8) is 0 Å². The van der Waals surface area contributed by atoms with Gasteiger partial charge in [0.25, 0.3) is 0 Å². The lowest BCUT2D eigenvalue weighted by Crippen LogP contribution is -2.01. The number of carbonyl (C=O) groups is 1. The van der Waals surface area contributed by atoms with E-state index in [-0.39, 0.29) is 11.7 Å². The van der Waals surface area contributed by atoms with Gasteiger partial charge in [0.2, 0.25) is 0 Å². The first kappa shape index (κ1) is 11.2. The summed E-state index contributed by atoms with van der Waals surface area (Å²) in [6, 6.07) is 9.84. The van der Waals surface area contributed by atoms with Gasteiger partial charge in [-0.25, -0.2) is 0 Å². The Morgan fingerprint density at radius 1 is 1.50 bits per heavy atom. The van der Waals surface area contributed by atoms with Crippen LogP contribution in [0.3, 0.4) is 0 Å². The predicted octanol–water partition coefficient (Wildman–Crippen LogP) is 2.88. The van der Waals surface area contributed by atoms with Gasteiger partial charge in [0.15, 0.2) is 0 Å². The molecular weight excluding hydrogens is 289 g/mol. The van der Waals surface area contributed by atoms with E-state index in [9.17, 15) is 4.79 Å². The quantitative estimate of drug-likeness (QED) is 0.805. The molecular formula is C11H10INO. The second-order valence-corrected chi connectivity index (χ2v) is 4.39. The van der Waals surface area contributed by atoms with E-state index in [4.69, 9.17) is 5.26 Å². The molecule has 1 unspecified atom stereocenters. The number of halogens is 1. The second-order valence-electron chi connectivity index (χ2n) is 3.14. The molecule has 0 N–H and O–H groups in total. The van der Waals surface area contributed by atoms with Gasteiger partial charge >= 0.3 is 0 Å². The minimum absolute atomic E-state index is 0.0510. The van der Waals surface area contributed by atoms with Gasteiger partial charge in [0.05, 0.1) is 12.0 Å². The van der Waals surface area contributed by atoms with Crippen molar-refractivity contribution in [2.24, 2.45) is 0 Å². The molecule has 1 aromatic rings. The molecule has 0 radical (unpaired) electrons. The van der Waals surface area contributed by atoms with Crippen molar-refractivity contribution >= 4 is 28.4 Å². The molecule has 0 heterocycles. The summed E-state index contributed by atoms with van der Waals surface area (Å²) in [5, 5.41) is 8.89. The Labute approximate surface area is 97.1 Å². The van der Waals surface area contributed by atoms with E-state index in [1.165, 1.54) is 6.92 Å². The molecule has 0 saturated heterocycles. The monoisotopic (exact) mass is 299 g/mol. The van der Waals surface area contributed by atoms with Crippen LogP contribution in [-0.2, 0) is 4.79 Å². The van der Waals surface area contributed by atoms with Crippen molar-refractivity contribution in [2.45, 2.75) is 19.3 Å². The highest BCUT2D eigenvalue weighted by atomic mass is 127. The van der Waals surface area contributed by atoms with Gasteiger partial charge in [-0.2, -0.15) is 5.26 Å². The van der Waals surface area contributed by atoms with E-state index < -0.39 is 0 Å². The summed E-state index contributed by atoms with van der Waals surface area (Å²) in [5.74, 6) is -0.250. The van der Waals surface area contributed by atoms with Crippen LogP contribution in [0.15, 0.2) is 24.3 Å². The van der Waals surface area contributed by atoms with Crippen molar-refractivity contribution in [3.05, 3.63) is 33.4 Å².